The average molecular weight is 213 g/mol. The van der Waals surface area contributed by atoms with Gasteiger partial charge < -0.3 is 16.3 Å². The number of nitrogens with zero attached hydrogens (tertiary/aromatic N) is 1. The maximum atomic E-state index is 8.58. The predicted molar refractivity (Wildman–Crippen MR) is 62.0 cm³/mol. The molecule has 0 aromatic rings. The van der Waals surface area contributed by atoms with Gasteiger partial charge in [0.15, 0.2) is 5.84 Å². The Morgan fingerprint density at radius 2 is 2.07 bits per heavy atom. The third-order valence-corrected chi connectivity index (χ3v) is 3.38. The Balaban J connectivity index is 2.47. The van der Waals surface area contributed by atoms with Crippen LogP contribution in [0, 0.1) is 5.92 Å². The Kier molecular flexibility index (Phi) is 4.88. The van der Waals surface area contributed by atoms with E-state index in [1.165, 1.54) is 32.1 Å². The summed E-state index contributed by atoms with van der Waals surface area (Å²) in [5.41, 5.74) is 5.56. The van der Waals surface area contributed by atoms with Crippen molar-refractivity contribution in [3.63, 3.8) is 0 Å². The fraction of sp³-hybridized carbons (Fsp3) is 0.909. The molecule has 0 aliphatic heterocycles. The van der Waals surface area contributed by atoms with Crippen LogP contribution in [0.5, 0.6) is 0 Å². The van der Waals surface area contributed by atoms with Crippen LogP contribution in [0.4, 0.5) is 0 Å². The van der Waals surface area contributed by atoms with Crippen molar-refractivity contribution in [1.29, 1.82) is 0 Å². The lowest BCUT2D eigenvalue weighted by Gasteiger charge is -2.26. The Hall–Kier alpha value is -0.770. The second-order valence-electron chi connectivity index (χ2n) is 4.64. The van der Waals surface area contributed by atoms with Crippen molar-refractivity contribution in [3.05, 3.63) is 0 Å². The minimum Gasteiger partial charge on any atom is -0.409 e. The van der Waals surface area contributed by atoms with E-state index in [1.54, 1.807) is 0 Å². The van der Waals surface area contributed by atoms with Crippen molar-refractivity contribution in [2.24, 2.45) is 16.8 Å². The highest BCUT2D eigenvalue weighted by atomic mass is 16.4. The van der Waals surface area contributed by atoms with E-state index < -0.39 is 0 Å². The van der Waals surface area contributed by atoms with E-state index in [0.717, 1.165) is 0 Å². The topological polar surface area (TPSA) is 70.6 Å². The van der Waals surface area contributed by atoms with Crippen molar-refractivity contribution >= 4 is 5.84 Å². The van der Waals surface area contributed by atoms with Gasteiger partial charge in [-0.25, -0.2) is 0 Å². The highest BCUT2D eigenvalue weighted by Crippen LogP contribution is 2.23. The van der Waals surface area contributed by atoms with Crippen LogP contribution in [0.2, 0.25) is 0 Å². The summed E-state index contributed by atoms with van der Waals surface area (Å²) in [5, 5.41) is 15.1. The Bertz CT molecular complexity index is 218. The Morgan fingerprint density at radius 1 is 1.40 bits per heavy atom. The average Bonchev–Trinajstić information content (AvgIpc) is 2.43. The van der Waals surface area contributed by atoms with Gasteiger partial charge in [-0.15, -0.1) is 0 Å². The number of hydrogen-bond donors (Lipinski definition) is 3. The van der Waals surface area contributed by atoms with Crippen molar-refractivity contribution in [1.82, 2.24) is 5.32 Å². The molecule has 1 aliphatic carbocycles. The van der Waals surface area contributed by atoms with E-state index in [0.29, 0.717) is 12.0 Å². The van der Waals surface area contributed by atoms with Gasteiger partial charge in [0, 0.05) is 6.04 Å². The molecule has 0 aromatic heterocycles. The van der Waals surface area contributed by atoms with E-state index in [-0.39, 0.29) is 11.9 Å². The first-order chi connectivity index (χ1) is 7.15. The van der Waals surface area contributed by atoms with Crippen LogP contribution in [-0.4, -0.2) is 23.1 Å². The standard InChI is InChI=1S/C11H23N3O/c1-8-6-4-3-5-7-10(8)13-9(2)11(12)14-15/h8-10,13,15H,3-7H2,1-2H3,(H2,12,14). The molecule has 0 amide bonds. The number of nitrogens with two attached hydrogens (primary N) is 1. The van der Waals surface area contributed by atoms with Crippen LogP contribution in [0.3, 0.4) is 0 Å². The summed E-state index contributed by atoms with van der Waals surface area (Å²) in [7, 11) is 0. The lowest BCUT2D eigenvalue weighted by atomic mass is 9.96. The molecule has 3 atom stereocenters. The molecule has 3 unspecified atom stereocenters. The molecule has 1 saturated carbocycles. The quantitative estimate of drug-likeness (QED) is 0.220. The maximum absolute atomic E-state index is 8.58. The normalized spacial score (nSPS) is 30.9. The molecule has 15 heavy (non-hydrogen) atoms. The number of amidine groups is 1. The van der Waals surface area contributed by atoms with E-state index in [9.17, 15) is 0 Å². The first-order valence-corrected chi connectivity index (χ1v) is 5.88. The van der Waals surface area contributed by atoms with Gasteiger partial charge in [0.1, 0.15) is 0 Å². The summed E-state index contributed by atoms with van der Waals surface area (Å²) in [6.45, 7) is 4.22. The number of oxime groups is 1. The minimum absolute atomic E-state index is 0.0412. The monoisotopic (exact) mass is 213 g/mol. The van der Waals surface area contributed by atoms with Gasteiger partial charge >= 0.3 is 0 Å². The molecule has 4 nitrogen and oxygen atoms in total. The molecule has 0 saturated heterocycles. The highest BCUT2D eigenvalue weighted by Gasteiger charge is 2.22. The lowest BCUT2D eigenvalue weighted by Crippen LogP contribution is -2.46. The van der Waals surface area contributed by atoms with Crippen molar-refractivity contribution < 1.29 is 5.21 Å². The van der Waals surface area contributed by atoms with Gasteiger partial charge in [0.2, 0.25) is 0 Å². The van der Waals surface area contributed by atoms with Gasteiger partial charge in [-0.3, -0.25) is 0 Å². The molecule has 4 heteroatoms. The molecule has 1 aliphatic rings. The maximum Gasteiger partial charge on any atom is 0.156 e. The zero-order valence-corrected chi connectivity index (χ0v) is 9.74. The molecule has 1 fully saturated rings. The lowest BCUT2D eigenvalue weighted by molar-refractivity contribution is 0.309. The number of hydrogen-bond acceptors (Lipinski definition) is 3. The van der Waals surface area contributed by atoms with Crippen molar-refractivity contribution in [2.75, 3.05) is 0 Å². The predicted octanol–water partition coefficient (Wildman–Crippen LogP) is 1.68. The molecule has 1 rings (SSSR count). The smallest absolute Gasteiger partial charge is 0.156 e. The zero-order valence-electron chi connectivity index (χ0n) is 9.74. The van der Waals surface area contributed by atoms with E-state index in [2.05, 4.69) is 17.4 Å². The summed E-state index contributed by atoms with van der Waals surface area (Å²) >= 11 is 0. The summed E-state index contributed by atoms with van der Waals surface area (Å²) in [6.07, 6.45) is 6.42. The number of rotatable bonds is 3. The summed E-state index contributed by atoms with van der Waals surface area (Å²) < 4.78 is 0. The van der Waals surface area contributed by atoms with Crippen LogP contribution in [0.15, 0.2) is 5.16 Å². The summed E-state index contributed by atoms with van der Waals surface area (Å²) in [6, 6.07) is 0.461. The summed E-state index contributed by atoms with van der Waals surface area (Å²) in [5.74, 6) is 0.952. The minimum atomic E-state index is -0.0412. The van der Waals surface area contributed by atoms with Gasteiger partial charge in [0.05, 0.1) is 6.04 Å². The first-order valence-electron chi connectivity index (χ1n) is 5.88. The fourth-order valence-electron chi connectivity index (χ4n) is 2.23. The van der Waals surface area contributed by atoms with Crippen molar-refractivity contribution in [3.8, 4) is 0 Å². The van der Waals surface area contributed by atoms with Crippen LogP contribution in [0.25, 0.3) is 0 Å². The SMILES string of the molecule is CC(NC1CCCCCC1C)C(N)=NO. The van der Waals surface area contributed by atoms with Crippen LogP contribution >= 0.6 is 0 Å². The number of nitrogens with one attached hydrogen (secondary N) is 1. The van der Waals surface area contributed by atoms with E-state index in [1.807, 2.05) is 6.92 Å². The molecule has 0 aromatic carbocycles. The summed E-state index contributed by atoms with van der Waals surface area (Å²) in [4.78, 5) is 0. The molecule has 0 radical (unpaired) electrons. The Morgan fingerprint density at radius 3 is 2.73 bits per heavy atom. The highest BCUT2D eigenvalue weighted by molar-refractivity contribution is 5.84. The Labute approximate surface area is 91.9 Å². The second-order valence-corrected chi connectivity index (χ2v) is 4.64. The van der Waals surface area contributed by atoms with Gasteiger partial charge in [-0.05, 0) is 25.7 Å². The first kappa shape index (κ1) is 12.3. The van der Waals surface area contributed by atoms with Gasteiger partial charge in [0.25, 0.3) is 0 Å². The van der Waals surface area contributed by atoms with Crippen LogP contribution in [-0.2, 0) is 0 Å². The van der Waals surface area contributed by atoms with Gasteiger partial charge in [-0.1, -0.05) is 31.3 Å². The van der Waals surface area contributed by atoms with E-state index in [4.69, 9.17) is 10.9 Å². The van der Waals surface area contributed by atoms with Crippen LogP contribution in [0.1, 0.15) is 46.0 Å². The third kappa shape index (κ3) is 3.70. The second kappa shape index (κ2) is 5.95. The zero-order chi connectivity index (χ0) is 11.3. The molecule has 88 valence electrons. The van der Waals surface area contributed by atoms with Crippen LogP contribution < -0.4 is 11.1 Å². The molecular weight excluding hydrogens is 190 g/mol. The van der Waals surface area contributed by atoms with Crippen molar-refractivity contribution in [2.45, 2.75) is 58.0 Å². The molecule has 0 bridgehead atoms. The molecule has 0 heterocycles. The fourth-order valence-corrected chi connectivity index (χ4v) is 2.23. The largest absolute Gasteiger partial charge is 0.409 e. The molecule has 4 N–H and O–H groups in total. The van der Waals surface area contributed by atoms with E-state index >= 15 is 0 Å². The third-order valence-electron chi connectivity index (χ3n) is 3.38. The molecule has 0 spiro atoms. The van der Waals surface area contributed by atoms with Gasteiger partial charge in [-0.2, -0.15) is 0 Å². The molecular formula is C11H23N3O.